The molecular formula is C25H23N3O3S. The molecule has 0 saturated carbocycles. The van der Waals surface area contributed by atoms with Crippen LogP contribution in [-0.2, 0) is 14.4 Å². The van der Waals surface area contributed by atoms with Crippen molar-refractivity contribution in [3.8, 4) is 10.6 Å². The van der Waals surface area contributed by atoms with Crippen molar-refractivity contribution in [3.63, 3.8) is 0 Å². The number of carbonyl (C=O) groups excluding carboxylic acids is 3. The van der Waals surface area contributed by atoms with Gasteiger partial charge in [0.15, 0.2) is 0 Å². The number of benzene rings is 2. The smallest absolute Gasteiger partial charge is 0.233 e. The summed E-state index contributed by atoms with van der Waals surface area (Å²) < 4.78 is 1.15. The van der Waals surface area contributed by atoms with E-state index in [0.717, 1.165) is 20.8 Å². The summed E-state index contributed by atoms with van der Waals surface area (Å²) in [6.45, 7) is 2.19. The standard InChI is InChI=1S/C25H23N3O3S/c1-15-6-11-20-21(14-15)32-23(27-20)16-7-9-17(10-8-16)26-22(29)12-13-28-24(30)18-4-2-3-5-19(18)25(28)31/h2-3,6-11,14,18-19H,4-5,12-13H2,1H3,(H,26,29)/t18-,19+. The number of aryl methyl sites for hydroxylation is 1. The van der Waals surface area contributed by atoms with Crippen molar-refractivity contribution in [2.75, 3.05) is 11.9 Å². The van der Waals surface area contributed by atoms with Crippen molar-refractivity contribution in [3.05, 3.63) is 60.2 Å². The summed E-state index contributed by atoms with van der Waals surface area (Å²) in [5.74, 6) is -1.02. The third-order valence-electron chi connectivity index (χ3n) is 6.12. The van der Waals surface area contributed by atoms with Gasteiger partial charge in [-0.25, -0.2) is 4.98 Å². The first-order chi connectivity index (χ1) is 15.5. The number of carbonyl (C=O) groups is 3. The summed E-state index contributed by atoms with van der Waals surface area (Å²) in [4.78, 5) is 43.4. The molecule has 2 atom stereocenters. The quantitative estimate of drug-likeness (QED) is 0.462. The van der Waals surface area contributed by atoms with Gasteiger partial charge >= 0.3 is 0 Å². The first-order valence-electron chi connectivity index (χ1n) is 10.8. The average Bonchev–Trinajstić information content (AvgIpc) is 3.32. The maximum Gasteiger partial charge on any atom is 0.233 e. The number of likely N-dealkylation sites (tertiary alicyclic amines) is 1. The molecule has 1 aromatic heterocycles. The molecule has 0 bridgehead atoms. The Morgan fingerprint density at radius 1 is 1.06 bits per heavy atom. The Morgan fingerprint density at radius 2 is 1.75 bits per heavy atom. The fourth-order valence-electron chi connectivity index (χ4n) is 4.38. The summed E-state index contributed by atoms with van der Waals surface area (Å²) in [6.07, 6.45) is 5.23. The number of allylic oxidation sites excluding steroid dienone is 2. The van der Waals surface area contributed by atoms with Crippen LogP contribution in [-0.4, -0.2) is 34.2 Å². The summed E-state index contributed by atoms with van der Waals surface area (Å²) in [6, 6.07) is 13.8. The Hall–Kier alpha value is -3.32. The first kappa shape index (κ1) is 20.6. The molecule has 7 heteroatoms. The minimum absolute atomic E-state index is 0.0866. The number of amides is 3. The summed E-state index contributed by atoms with van der Waals surface area (Å²) in [5, 5.41) is 3.79. The average molecular weight is 446 g/mol. The minimum atomic E-state index is -0.255. The molecular weight excluding hydrogens is 422 g/mol. The van der Waals surface area contributed by atoms with Crippen LogP contribution in [0.4, 0.5) is 5.69 Å². The molecule has 162 valence electrons. The van der Waals surface area contributed by atoms with Crippen LogP contribution >= 0.6 is 11.3 Å². The molecule has 0 unspecified atom stereocenters. The number of fused-ring (bicyclic) bond motifs is 2. The largest absolute Gasteiger partial charge is 0.326 e. The van der Waals surface area contributed by atoms with Gasteiger partial charge in [0.1, 0.15) is 5.01 Å². The number of aromatic nitrogens is 1. The first-order valence-corrected chi connectivity index (χ1v) is 11.6. The lowest BCUT2D eigenvalue weighted by Gasteiger charge is -2.14. The Bertz CT molecular complexity index is 1220. The minimum Gasteiger partial charge on any atom is -0.326 e. The molecule has 1 saturated heterocycles. The third kappa shape index (κ3) is 3.84. The number of imide groups is 1. The SMILES string of the molecule is Cc1ccc2nc(-c3ccc(NC(=O)CCN4C(=O)[C@H]5CC=CC[C@H]5C4=O)cc3)sc2c1. The lowest BCUT2D eigenvalue weighted by atomic mass is 9.85. The third-order valence-corrected chi connectivity index (χ3v) is 7.19. The van der Waals surface area contributed by atoms with Gasteiger partial charge in [-0.1, -0.05) is 18.2 Å². The highest BCUT2D eigenvalue weighted by Gasteiger charge is 2.46. The van der Waals surface area contributed by atoms with E-state index in [1.54, 1.807) is 11.3 Å². The second-order valence-electron chi connectivity index (χ2n) is 8.35. The van der Waals surface area contributed by atoms with Gasteiger partial charge < -0.3 is 5.32 Å². The number of nitrogens with one attached hydrogen (secondary N) is 1. The normalized spacial score (nSPS) is 20.1. The molecule has 3 aromatic rings. The molecule has 3 amide bonds. The molecule has 1 N–H and O–H groups in total. The van der Waals surface area contributed by atoms with Gasteiger partial charge in [0.25, 0.3) is 0 Å². The van der Waals surface area contributed by atoms with E-state index >= 15 is 0 Å². The monoisotopic (exact) mass is 445 g/mol. The summed E-state index contributed by atoms with van der Waals surface area (Å²) in [7, 11) is 0. The fraction of sp³-hybridized carbons (Fsp3) is 0.280. The second-order valence-corrected chi connectivity index (χ2v) is 9.38. The van der Waals surface area contributed by atoms with E-state index < -0.39 is 0 Å². The van der Waals surface area contributed by atoms with Crippen molar-refractivity contribution in [2.24, 2.45) is 11.8 Å². The van der Waals surface area contributed by atoms with E-state index in [0.29, 0.717) is 18.5 Å². The van der Waals surface area contributed by atoms with Gasteiger partial charge in [0.2, 0.25) is 17.7 Å². The van der Waals surface area contributed by atoms with E-state index in [2.05, 4.69) is 24.4 Å². The van der Waals surface area contributed by atoms with E-state index in [4.69, 9.17) is 4.98 Å². The highest BCUT2D eigenvalue weighted by Crippen LogP contribution is 2.35. The molecule has 5 rings (SSSR count). The summed E-state index contributed by atoms with van der Waals surface area (Å²) in [5.41, 5.74) is 3.85. The molecule has 2 aromatic carbocycles. The van der Waals surface area contributed by atoms with Crippen LogP contribution < -0.4 is 5.32 Å². The number of rotatable bonds is 5. The van der Waals surface area contributed by atoms with Gasteiger partial charge in [0, 0.05) is 24.2 Å². The fourth-order valence-corrected chi connectivity index (χ4v) is 5.45. The maximum atomic E-state index is 12.5. The van der Waals surface area contributed by atoms with Gasteiger partial charge in [-0.2, -0.15) is 0 Å². The lowest BCUT2D eigenvalue weighted by Crippen LogP contribution is -2.34. The van der Waals surface area contributed by atoms with Crippen LogP contribution in [0.5, 0.6) is 0 Å². The number of nitrogens with zero attached hydrogens (tertiary/aromatic N) is 2. The van der Waals surface area contributed by atoms with Gasteiger partial charge in [-0.3, -0.25) is 19.3 Å². The van der Waals surface area contributed by atoms with E-state index in [9.17, 15) is 14.4 Å². The molecule has 32 heavy (non-hydrogen) atoms. The molecule has 0 radical (unpaired) electrons. The Labute approximate surface area is 190 Å². The highest BCUT2D eigenvalue weighted by atomic mass is 32.1. The zero-order valence-corrected chi connectivity index (χ0v) is 18.5. The van der Waals surface area contributed by atoms with Crippen molar-refractivity contribution in [2.45, 2.75) is 26.2 Å². The predicted octanol–water partition coefficient (Wildman–Crippen LogP) is 4.55. The van der Waals surface area contributed by atoms with Gasteiger partial charge in [-0.15, -0.1) is 11.3 Å². The zero-order valence-electron chi connectivity index (χ0n) is 17.7. The van der Waals surface area contributed by atoms with Crippen LogP contribution in [0.25, 0.3) is 20.8 Å². The van der Waals surface area contributed by atoms with Crippen LogP contribution in [0.3, 0.4) is 0 Å². The van der Waals surface area contributed by atoms with E-state index in [1.165, 1.54) is 10.5 Å². The molecule has 6 nitrogen and oxygen atoms in total. The molecule has 0 spiro atoms. The number of anilines is 1. The van der Waals surface area contributed by atoms with Crippen LogP contribution in [0, 0.1) is 18.8 Å². The van der Waals surface area contributed by atoms with Crippen molar-refractivity contribution < 1.29 is 14.4 Å². The van der Waals surface area contributed by atoms with Crippen LogP contribution in [0.15, 0.2) is 54.6 Å². The molecule has 2 heterocycles. The van der Waals surface area contributed by atoms with E-state index in [1.807, 2.05) is 42.5 Å². The Kier molecular flexibility index (Phi) is 5.35. The van der Waals surface area contributed by atoms with Crippen molar-refractivity contribution >= 4 is 45.0 Å². The highest BCUT2D eigenvalue weighted by molar-refractivity contribution is 7.21. The number of hydrogen-bond acceptors (Lipinski definition) is 5. The molecule has 2 aliphatic rings. The van der Waals surface area contributed by atoms with Gasteiger partial charge in [0.05, 0.1) is 22.1 Å². The van der Waals surface area contributed by atoms with Crippen LogP contribution in [0.1, 0.15) is 24.8 Å². The Morgan fingerprint density at radius 3 is 2.44 bits per heavy atom. The van der Waals surface area contributed by atoms with Crippen molar-refractivity contribution in [1.82, 2.24) is 9.88 Å². The summed E-state index contributed by atoms with van der Waals surface area (Å²) >= 11 is 1.64. The zero-order chi connectivity index (χ0) is 22.2. The number of thiazole rings is 1. The second kappa shape index (κ2) is 8.31. The Balaban J connectivity index is 1.20. The topological polar surface area (TPSA) is 79.4 Å². The molecule has 1 aliphatic heterocycles. The maximum absolute atomic E-state index is 12.5. The van der Waals surface area contributed by atoms with E-state index in [-0.39, 0.29) is 42.5 Å². The van der Waals surface area contributed by atoms with Gasteiger partial charge in [-0.05, 0) is 61.7 Å². The van der Waals surface area contributed by atoms with Crippen molar-refractivity contribution in [1.29, 1.82) is 0 Å². The number of hydrogen-bond donors (Lipinski definition) is 1. The van der Waals surface area contributed by atoms with Crippen LogP contribution in [0.2, 0.25) is 0 Å². The lowest BCUT2D eigenvalue weighted by molar-refractivity contribution is -0.140. The molecule has 1 fully saturated rings. The molecule has 1 aliphatic carbocycles. The predicted molar refractivity (Wildman–Crippen MR) is 125 cm³/mol.